The molecule has 2 N–H and O–H groups in total. The molecule has 1 aromatic heterocycles. The number of hydrogen-bond acceptors (Lipinski definition) is 6. The first-order valence-electron chi connectivity index (χ1n) is 7.30. The third kappa shape index (κ3) is 4.05. The molecule has 1 unspecified atom stereocenters. The highest BCUT2D eigenvalue weighted by Gasteiger charge is 2.21. The highest BCUT2D eigenvalue weighted by Crippen LogP contribution is 2.11. The number of aromatic nitrogens is 2. The van der Waals surface area contributed by atoms with Gasteiger partial charge < -0.3 is 15.5 Å². The van der Waals surface area contributed by atoms with Crippen LogP contribution in [0.1, 0.15) is 12.6 Å². The van der Waals surface area contributed by atoms with Gasteiger partial charge in [-0.1, -0.05) is 0 Å². The summed E-state index contributed by atoms with van der Waals surface area (Å²) in [5, 5.41) is 6.61. The van der Waals surface area contributed by atoms with Gasteiger partial charge in [0.25, 0.3) is 0 Å². The lowest BCUT2D eigenvalue weighted by molar-refractivity contribution is 0.122. The maximum atomic E-state index is 4.49. The van der Waals surface area contributed by atoms with Crippen molar-refractivity contribution in [2.75, 3.05) is 57.5 Å². The summed E-state index contributed by atoms with van der Waals surface area (Å²) in [6.45, 7) is 9.13. The van der Waals surface area contributed by atoms with Crippen molar-refractivity contribution in [3.8, 4) is 0 Å². The Balaban J connectivity index is 1.95. The van der Waals surface area contributed by atoms with Crippen LogP contribution in [0.3, 0.4) is 0 Å². The Kier molecular flexibility index (Phi) is 5.14. The van der Waals surface area contributed by atoms with E-state index in [4.69, 9.17) is 0 Å². The van der Waals surface area contributed by atoms with Crippen molar-refractivity contribution in [3.63, 3.8) is 0 Å². The molecule has 2 heterocycles. The van der Waals surface area contributed by atoms with E-state index in [2.05, 4.69) is 44.5 Å². The lowest BCUT2D eigenvalue weighted by Crippen LogP contribution is -2.52. The van der Waals surface area contributed by atoms with Gasteiger partial charge in [0.05, 0.1) is 0 Å². The third-order valence-electron chi connectivity index (χ3n) is 3.69. The largest absolute Gasteiger partial charge is 0.368 e. The molecule has 0 aliphatic carbocycles. The van der Waals surface area contributed by atoms with Gasteiger partial charge in [0.1, 0.15) is 5.82 Å². The van der Waals surface area contributed by atoms with Gasteiger partial charge in [0, 0.05) is 50.5 Å². The van der Waals surface area contributed by atoms with Crippen LogP contribution in [0.5, 0.6) is 0 Å². The number of rotatable bonds is 5. The molecule has 0 amide bonds. The van der Waals surface area contributed by atoms with E-state index in [1.807, 2.05) is 19.9 Å². The maximum Gasteiger partial charge on any atom is 0.224 e. The molecule has 1 aliphatic rings. The summed E-state index contributed by atoms with van der Waals surface area (Å²) in [7, 11) is 4.37. The zero-order chi connectivity index (χ0) is 14.5. The van der Waals surface area contributed by atoms with Gasteiger partial charge in [-0.25, -0.2) is 4.98 Å². The minimum absolute atomic E-state index is 0.520. The maximum absolute atomic E-state index is 4.49. The van der Waals surface area contributed by atoms with Crippen LogP contribution in [-0.4, -0.2) is 72.6 Å². The molecule has 0 bridgehead atoms. The summed E-state index contributed by atoms with van der Waals surface area (Å²) < 4.78 is 0. The normalized spacial score (nSPS) is 20.9. The average molecular weight is 278 g/mol. The minimum atomic E-state index is 0.520. The van der Waals surface area contributed by atoms with Gasteiger partial charge in [-0.15, -0.1) is 0 Å². The summed E-state index contributed by atoms with van der Waals surface area (Å²) in [4.78, 5) is 13.6. The molecule has 0 spiro atoms. The van der Waals surface area contributed by atoms with Gasteiger partial charge in [-0.05, 0) is 27.9 Å². The number of aryl methyl sites for hydroxylation is 1. The van der Waals surface area contributed by atoms with Crippen molar-refractivity contribution in [1.29, 1.82) is 0 Å². The lowest BCUT2D eigenvalue weighted by Gasteiger charge is -2.37. The Morgan fingerprint density at radius 2 is 2.05 bits per heavy atom. The van der Waals surface area contributed by atoms with Crippen LogP contribution in [0.25, 0.3) is 0 Å². The zero-order valence-electron chi connectivity index (χ0n) is 13.0. The Morgan fingerprint density at radius 1 is 1.25 bits per heavy atom. The summed E-state index contributed by atoms with van der Waals surface area (Å²) >= 11 is 0. The molecule has 6 heteroatoms. The molecule has 2 rings (SSSR count). The topological polar surface area (TPSA) is 56.3 Å². The highest BCUT2D eigenvalue weighted by atomic mass is 15.3. The predicted molar refractivity (Wildman–Crippen MR) is 83.3 cm³/mol. The van der Waals surface area contributed by atoms with Crippen LogP contribution in [0, 0.1) is 6.92 Å². The summed E-state index contributed by atoms with van der Waals surface area (Å²) in [5.41, 5.74) is 0.979. The van der Waals surface area contributed by atoms with E-state index >= 15 is 0 Å². The van der Waals surface area contributed by atoms with Crippen LogP contribution in [0.2, 0.25) is 0 Å². The number of nitrogens with zero attached hydrogens (tertiary/aromatic N) is 4. The number of hydrogen-bond donors (Lipinski definition) is 2. The van der Waals surface area contributed by atoms with Crippen molar-refractivity contribution in [2.45, 2.75) is 19.9 Å². The molecule has 1 saturated heterocycles. The molecular formula is C14H26N6. The van der Waals surface area contributed by atoms with E-state index in [1.54, 1.807) is 0 Å². The van der Waals surface area contributed by atoms with Gasteiger partial charge in [-0.2, -0.15) is 4.98 Å². The molecule has 112 valence electrons. The van der Waals surface area contributed by atoms with E-state index < -0.39 is 0 Å². The Morgan fingerprint density at radius 3 is 2.80 bits per heavy atom. The van der Waals surface area contributed by atoms with Gasteiger partial charge in [0.2, 0.25) is 5.95 Å². The highest BCUT2D eigenvalue weighted by molar-refractivity contribution is 5.42. The second-order valence-corrected chi connectivity index (χ2v) is 5.53. The smallest absolute Gasteiger partial charge is 0.224 e. The molecule has 0 saturated carbocycles. The van der Waals surface area contributed by atoms with Gasteiger partial charge in [-0.3, -0.25) is 4.90 Å². The SMILES string of the molecule is CCNc1nc(C)cc(NCC2CN(C)CCN2C)n1. The molecule has 1 fully saturated rings. The number of likely N-dealkylation sites (N-methyl/N-ethyl adjacent to an activating group) is 2. The fourth-order valence-electron chi connectivity index (χ4n) is 2.44. The molecule has 1 aromatic rings. The summed E-state index contributed by atoms with van der Waals surface area (Å²) in [5.74, 6) is 1.60. The van der Waals surface area contributed by atoms with Gasteiger partial charge in [0.15, 0.2) is 0 Å². The molecule has 6 nitrogen and oxygen atoms in total. The quantitative estimate of drug-likeness (QED) is 0.834. The van der Waals surface area contributed by atoms with E-state index in [-0.39, 0.29) is 0 Å². The number of nitrogens with one attached hydrogen (secondary N) is 2. The molecule has 20 heavy (non-hydrogen) atoms. The van der Waals surface area contributed by atoms with Crippen molar-refractivity contribution in [1.82, 2.24) is 19.8 Å². The van der Waals surface area contributed by atoms with Crippen molar-refractivity contribution in [3.05, 3.63) is 11.8 Å². The molecule has 1 atom stereocenters. The van der Waals surface area contributed by atoms with E-state index in [0.717, 1.165) is 44.2 Å². The van der Waals surface area contributed by atoms with Crippen molar-refractivity contribution >= 4 is 11.8 Å². The van der Waals surface area contributed by atoms with Crippen LogP contribution >= 0.6 is 0 Å². The van der Waals surface area contributed by atoms with Crippen molar-refractivity contribution < 1.29 is 0 Å². The standard InChI is InChI=1S/C14H26N6/c1-5-15-14-17-11(2)8-13(18-14)16-9-12-10-19(3)6-7-20(12)4/h8,12H,5-7,9-10H2,1-4H3,(H2,15,16,17,18). The van der Waals surface area contributed by atoms with Gasteiger partial charge >= 0.3 is 0 Å². The Bertz CT molecular complexity index is 436. The number of anilines is 2. The third-order valence-corrected chi connectivity index (χ3v) is 3.69. The summed E-state index contributed by atoms with van der Waals surface area (Å²) in [6, 6.07) is 2.51. The van der Waals surface area contributed by atoms with Crippen LogP contribution in [0.4, 0.5) is 11.8 Å². The zero-order valence-corrected chi connectivity index (χ0v) is 13.0. The molecular weight excluding hydrogens is 252 g/mol. The first-order valence-corrected chi connectivity index (χ1v) is 7.30. The first-order chi connectivity index (χ1) is 9.58. The second-order valence-electron chi connectivity index (χ2n) is 5.53. The summed E-state index contributed by atoms with van der Waals surface area (Å²) in [6.07, 6.45) is 0. The molecule has 1 aliphatic heterocycles. The lowest BCUT2D eigenvalue weighted by atomic mass is 10.2. The Labute approximate surface area is 121 Å². The Hall–Kier alpha value is -1.40. The second kappa shape index (κ2) is 6.85. The molecule has 0 radical (unpaired) electrons. The van der Waals surface area contributed by atoms with Crippen LogP contribution < -0.4 is 10.6 Å². The van der Waals surface area contributed by atoms with E-state index in [1.165, 1.54) is 0 Å². The van der Waals surface area contributed by atoms with Crippen molar-refractivity contribution in [2.24, 2.45) is 0 Å². The monoisotopic (exact) mass is 278 g/mol. The van der Waals surface area contributed by atoms with Crippen LogP contribution in [0.15, 0.2) is 6.07 Å². The average Bonchev–Trinajstić information content (AvgIpc) is 2.40. The van der Waals surface area contributed by atoms with Crippen LogP contribution in [-0.2, 0) is 0 Å². The molecule has 0 aromatic carbocycles. The fraction of sp³-hybridized carbons (Fsp3) is 0.714. The fourth-order valence-corrected chi connectivity index (χ4v) is 2.44. The van der Waals surface area contributed by atoms with E-state index in [0.29, 0.717) is 12.0 Å². The van der Waals surface area contributed by atoms with E-state index in [9.17, 15) is 0 Å². The predicted octanol–water partition coefficient (Wildman–Crippen LogP) is 0.875. The number of piperazine rings is 1. The first kappa shape index (κ1) is 15.0. The minimum Gasteiger partial charge on any atom is -0.368 e.